The largest absolute Gasteiger partial charge is 0.454 e. The van der Waals surface area contributed by atoms with E-state index in [0.29, 0.717) is 35.0 Å². The number of benzene rings is 2. The molecular weight excluding hydrogens is 332 g/mol. The van der Waals surface area contributed by atoms with Crippen molar-refractivity contribution in [3.8, 4) is 11.5 Å². The monoisotopic (exact) mass is 350 g/mol. The molecule has 0 saturated heterocycles. The molecule has 2 heterocycles. The maximum atomic E-state index is 12.4. The van der Waals surface area contributed by atoms with E-state index in [1.807, 2.05) is 36.4 Å². The quantitative estimate of drug-likeness (QED) is 0.837. The Hall–Kier alpha value is -3.35. The zero-order valence-electron chi connectivity index (χ0n) is 14.5. The van der Waals surface area contributed by atoms with Crippen LogP contribution in [0.15, 0.2) is 46.6 Å². The first-order chi connectivity index (χ1) is 12.5. The van der Waals surface area contributed by atoms with Crippen LogP contribution in [0.1, 0.15) is 16.7 Å². The molecule has 0 spiro atoms. The summed E-state index contributed by atoms with van der Waals surface area (Å²) in [6, 6.07) is 11.2. The number of nitrogen functional groups attached to an aromatic ring is 1. The van der Waals surface area contributed by atoms with Gasteiger partial charge in [0.25, 0.3) is 5.91 Å². The molecule has 0 atom stereocenters. The summed E-state index contributed by atoms with van der Waals surface area (Å²) < 4.78 is 11.0. The van der Waals surface area contributed by atoms with Crippen LogP contribution in [-0.4, -0.2) is 43.1 Å². The molecule has 2 N–H and O–H groups in total. The Bertz CT molecular complexity index is 946. The van der Waals surface area contributed by atoms with E-state index in [9.17, 15) is 4.79 Å². The topological polar surface area (TPSA) is 89.5 Å². The highest BCUT2D eigenvalue weighted by Gasteiger charge is 2.26. The number of carbonyl (C=O) groups excluding carboxylic acids is 1. The van der Waals surface area contributed by atoms with Crippen LogP contribution in [0.5, 0.6) is 11.5 Å². The molecule has 132 valence electrons. The summed E-state index contributed by atoms with van der Waals surface area (Å²) in [5.41, 5.74) is 10.1. The van der Waals surface area contributed by atoms with Crippen molar-refractivity contribution >= 4 is 23.0 Å². The summed E-state index contributed by atoms with van der Waals surface area (Å²) in [5, 5.41) is 8.64. The Morgan fingerprint density at radius 2 is 1.77 bits per heavy atom. The molecule has 2 aliphatic heterocycles. The molecule has 4 rings (SSSR count). The lowest BCUT2D eigenvalue weighted by molar-refractivity contribution is -0.121. The van der Waals surface area contributed by atoms with Crippen molar-refractivity contribution in [1.82, 2.24) is 4.90 Å². The van der Waals surface area contributed by atoms with Crippen LogP contribution in [-0.2, 0) is 11.2 Å². The van der Waals surface area contributed by atoms with Gasteiger partial charge in [0.1, 0.15) is 11.4 Å². The number of hydrogen-bond donors (Lipinski definition) is 1. The number of hydrogen-bond acceptors (Lipinski definition) is 6. The first-order valence-corrected chi connectivity index (χ1v) is 8.18. The number of anilines is 1. The minimum Gasteiger partial charge on any atom is -0.454 e. The molecule has 26 heavy (non-hydrogen) atoms. The van der Waals surface area contributed by atoms with Crippen LogP contribution in [0.3, 0.4) is 0 Å². The summed E-state index contributed by atoms with van der Waals surface area (Å²) in [4.78, 5) is 13.9. The summed E-state index contributed by atoms with van der Waals surface area (Å²) in [6.45, 7) is 0.185. The Kier molecular flexibility index (Phi) is 3.84. The molecule has 1 amide bonds. The first-order valence-electron chi connectivity index (χ1n) is 8.18. The van der Waals surface area contributed by atoms with E-state index in [2.05, 4.69) is 10.2 Å². The van der Waals surface area contributed by atoms with Crippen molar-refractivity contribution in [1.29, 1.82) is 0 Å². The van der Waals surface area contributed by atoms with Crippen molar-refractivity contribution in [3.63, 3.8) is 0 Å². The lowest BCUT2D eigenvalue weighted by Crippen LogP contribution is -2.31. The highest BCUT2D eigenvalue weighted by molar-refractivity contribution is 6.39. The second kappa shape index (κ2) is 6.18. The summed E-state index contributed by atoms with van der Waals surface area (Å²) in [7, 11) is 3.39. The Balaban J connectivity index is 1.88. The van der Waals surface area contributed by atoms with Crippen molar-refractivity contribution in [2.75, 3.05) is 26.6 Å². The normalized spacial score (nSPS) is 14.8. The predicted molar refractivity (Wildman–Crippen MR) is 98.9 cm³/mol. The molecule has 0 aromatic heterocycles. The number of carbonyl (C=O) groups is 1. The average Bonchev–Trinajstić information content (AvgIpc) is 3.00. The zero-order chi connectivity index (χ0) is 18.3. The number of nitrogens with two attached hydrogens (primary N) is 1. The van der Waals surface area contributed by atoms with Crippen LogP contribution in [0.4, 0.5) is 5.69 Å². The standard InChI is InChI=1S/C19H18N4O3/c1-23(2)19(24)15-7-12-8-16-17(26-10-25-16)9-14(12)18(22-21-15)11-3-5-13(20)6-4-11/h3-6,8-9H,7,10,20H2,1-2H3. The second-order valence-corrected chi connectivity index (χ2v) is 6.36. The van der Waals surface area contributed by atoms with Gasteiger partial charge >= 0.3 is 0 Å². The minimum atomic E-state index is -0.170. The van der Waals surface area contributed by atoms with Crippen LogP contribution in [0.2, 0.25) is 0 Å². The highest BCUT2D eigenvalue weighted by Crippen LogP contribution is 2.36. The van der Waals surface area contributed by atoms with Gasteiger partial charge in [-0.25, -0.2) is 0 Å². The van der Waals surface area contributed by atoms with Gasteiger partial charge < -0.3 is 20.1 Å². The molecule has 2 aromatic rings. The lowest BCUT2D eigenvalue weighted by Gasteiger charge is -2.13. The van der Waals surface area contributed by atoms with Crippen molar-refractivity contribution in [2.45, 2.75) is 6.42 Å². The zero-order valence-corrected chi connectivity index (χ0v) is 14.5. The van der Waals surface area contributed by atoms with Crippen LogP contribution in [0.25, 0.3) is 0 Å². The van der Waals surface area contributed by atoms with E-state index < -0.39 is 0 Å². The van der Waals surface area contributed by atoms with Gasteiger partial charge in [-0.2, -0.15) is 0 Å². The van der Waals surface area contributed by atoms with Gasteiger partial charge in [-0.1, -0.05) is 12.1 Å². The van der Waals surface area contributed by atoms with E-state index in [4.69, 9.17) is 15.2 Å². The molecule has 0 aliphatic carbocycles. The molecule has 0 unspecified atom stereocenters. The first kappa shape index (κ1) is 16.1. The molecule has 0 bridgehead atoms. The number of amides is 1. The number of nitrogens with zero attached hydrogens (tertiary/aromatic N) is 3. The average molecular weight is 350 g/mol. The van der Waals surface area contributed by atoms with Crippen LogP contribution in [0, 0.1) is 0 Å². The van der Waals surface area contributed by atoms with Gasteiger partial charge in [-0.3, -0.25) is 4.79 Å². The Morgan fingerprint density at radius 1 is 1.08 bits per heavy atom. The number of rotatable bonds is 2. The maximum absolute atomic E-state index is 12.4. The molecule has 2 aromatic carbocycles. The Morgan fingerprint density at radius 3 is 2.46 bits per heavy atom. The van der Waals surface area contributed by atoms with Gasteiger partial charge in [-0.05, 0) is 29.8 Å². The molecule has 7 nitrogen and oxygen atoms in total. The van der Waals surface area contributed by atoms with Crippen molar-refractivity contribution < 1.29 is 14.3 Å². The van der Waals surface area contributed by atoms with Crippen LogP contribution < -0.4 is 15.2 Å². The van der Waals surface area contributed by atoms with Crippen LogP contribution >= 0.6 is 0 Å². The summed E-state index contributed by atoms with van der Waals surface area (Å²) in [5.74, 6) is 1.16. The molecular formula is C19H18N4O3. The van der Waals surface area contributed by atoms with E-state index in [0.717, 1.165) is 16.7 Å². The van der Waals surface area contributed by atoms with Gasteiger partial charge in [0.05, 0.1) is 0 Å². The smallest absolute Gasteiger partial charge is 0.269 e. The SMILES string of the molecule is CN(C)C(=O)C1=NN=C(c2ccc(N)cc2)c2cc3c(cc2C1)OCO3. The third kappa shape index (κ3) is 2.77. The van der Waals surface area contributed by atoms with E-state index >= 15 is 0 Å². The van der Waals surface area contributed by atoms with E-state index in [1.165, 1.54) is 4.90 Å². The summed E-state index contributed by atoms with van der Waals surface area (Å²) >= 11 is 0. The van der Waals surface area contributed by atoms with Gasteiger partial charge in [0.15, 0.2) is 11.5 Å². The van der Waals surface area contributed by atoms with Gasteiger partial charge in [0.2, 0.25) is 6.79 Å². The Labute approximate surface area is 150 Å². The predicted octanol–water partition coefficient (Wildman–Crippen LogP) is 1.84. The molecule has 2 aliphatic rings. The third-order valence-electron chi connectivity index (χ3n) is 4.32. The van der Waals surface area contributed by atoms with E-state index in [-0.39, 0.29) is 12.7 Å². The lowest BCUT2D eigenvalue weighted by atomic mass is 9.94. The fraction of sp³-hybridized carbons (Fsp3) is 0.211. The summed E-state index contributed by atoms with van der Waals surface area (Å²) in [6.07, 6.45) is 0.366. The molecule has 0 saturated carbocycles. The van der Waals surface area contributed by atoms with Crippen molar-refractivity contribution in [2.24, 2.45) is 10.2 Å². The molecule has 7 heteroatoms. The third-order valence-corrected chi connectivity index (χ3v) is 4.32. The fourth-order valence-electron chi connectivity index (χ4n) is 2.96. The minimum absolute atomic E-state index is 0.170. The fourth-order valence-corrected chi connectivity index (χ4v) is 2.96. The van der Waals surface area contributed by atoms with Gasteiger partial charge in [0, 0.05) is 37.3 Å². The molecule has 0 fully saturated rings. The number of ether oxygens (including phenoxy) is 2. The van der Waals surface area contributed by atoms with Gasteiger partial charge in [-0.15, -0.1) is 10.2 Å². The second-order valence-electron chi connectivity index (χ2n) is 6.36. The van der Waals surface area contributed by atoms with Crippen molar-refractivity contribution in [3.05, 3.63) is 53.1 Å². The van der Waals surface area contributed by atoms with E-state index in [1.54, 1.807) is 14.1 Å². The molecule has 0 radical (unpaired) electrons. The maximum Gasteiger partial charge on any atom is 0.269 e. The number of fused-ring (bicyclic) bond motifs is 2. The highest BCUT2D eigenvalue weighted by atomic mass is 16.7.